The Morgan fingerprint density at radius 3 is 2.57 bits per heavy atom. The molecule has 0 aromatic carbocycles. The van der Waals surface area contributed by atoms with Crippen LogP contribution >= 0.6 is 0 Å². The molecule has 2 aliphatic rings. The fourth-order valence-corrected chi connectivity index (χ4v) is 3.38. The Bertz CT molecular complexity index is 663. The maximum Gasteiger partial charge on any atom is 0.410 e. The number of carbonyl (C=O) groups excluding carboxylic acids is 1. The first kappa shape index (κ1) is 20.5. The van der Waals surface area contributed by atoms with Crippen molar-refractivity contribution in [3.05, 3.63) is 12.3 Å². The van der Waals surface area contributed by atoms with Crippen molar-refractivity contribution in [3.8, 4) is 5.75 Å². The summed E-state index contributed by atoms with van der Waals surface area (Å²) in [6.45, 7) is 8.40. The Labute approximate surface area is 166 Å². The Morgan fingerprint density at radius 2 is 1.93 bits per heavy atom. The molecule has 1 aromatic rings. The Morgan fingerprint density at radius 1 is 1.25 bits per heavy atom. The van der Waals surface area contributed by atoms with Gasteiger partial charge in [0.25, 0.3) is 0 Å². The number of rotatable bonds is 4. The van der Waals surface area contributed by atoms with Crippen LogP contribution in [0.15, 0.2) is 12.3 Å². The minimum Gasteiger partial charge on any atom is -0.489 e. The van der Waals surface area contributed by atoms with E-state index in [4.69, 9.17) is 19.9 Å². The van der Waals surface area contributed by atoms with E-state index in [1.807, 2.05) is 26.8 Å². The topological polar surface area (TPSA) is 98.9 Å². The highest BCUT2D eigenvalue weighted by Gasteiger charge is 2.27. The lowest BCUT2D eigenvalue weighted by Crippen LogP contribution is -2.44. The van der Waals surface area contributed by atoms with Gasteiger partial charge in [0.2, 0.25) is 0 Å². The summed E-state index contributed by atoms with van der Waals surface area (Å²) in [5, 5.41) is 3.46. The quantitative estimate of drug-likeness (QED) is 0.812. The van der Waals surface area contributed by atoms with Gasteiger partial charge in [-0.05, 0) is 33.6 Å². The summed E-state index contributed by atoms with van der Waals surface area (Å²) in [4.78, 5) is 18.2. The molecule has 0 saturated carbocycles. The molecule has 0 spiro atoms. The molecule has 2 fully saturated rings. The van der Waals surface area contributed by atoms with E-state index in [0.717, 1.165) is 50.3 Å². The molecular formula is C20H32N4O4. The summed E-state index contributed by atoms with van der Waals surface area (Å²) < 4.78 is 16.8. The molecule has 2 saturated heterocycles. The van der Waals surface area contributed by atoms with Crippen LogP contribution in [0.1, 0.15) is 46.5 Å². The van der Waals surface area contributed by atoms with Crippen LogP contribution < -0.4 is 15.8 Å². The average molecular weight is 393 g/mol. The van der Waals surface area contributed by atoms with Crippen molar-refractivity contribution in [1.29, 1.82) is 0 Å². The molecule has 156 valence electrons. The fraction of sp³-hybridized carbons (Fsp3) is 0.700. The van der Waals surface area contributed by atoms with Crippen LogP contribution in [0.4, 0.5) is 16.3 Å². The Balaban J connectivity index is 1.53. The van der Waals surface area contributed by atoms with Gasteiger partial charge in [0.15, 0.2) is 0 Å². The largest absolute Gasteiger partial charge is 0.489 e. The number of piperidine rings is 1. The van der Waals surface area contributed by atoms with Gasteiger partial charge in [0, 0.05) is 38.0 Å². The average Bonchev–Trinajstić information content (AvgIpc) is 2.64. The molecule has 8 nitrogen and oxygen atoms in total. The number of likely N-dealkylation sites (tertiary alicyclic amines) is 1. The highest BCUT2D eigenvalue weighted by atomic mass is 16.6. The highest BCUT2D eigenvalue weighted by Crippen LogP contribution is 2.27. The van der Waals surface area contributed by atoms with Crippen LogP contribution in [0.2, 0.25) is 0 Å². The van der Waals surface area contributed by atoms with E-state index in [1.54, 1.807) is 11.1 Å². The summed E-state index contributed by atoms with van der Waals surface area (Å²) in [6.07, 6.45) is 4.99. The number of nitrogens with zero attached hydrogens (tertiary/aromatic N) is 2. The van der Waals surface area contributed by atoms with Gasteiger partial charge in [-0.3, -0.25) is 0 Å². The minimum absolute atomic E-state index is 0.157. The van der Waals surface area contributed by atoms with Gasteiger partial charge in [0.1, 0.15) is 23.3 Å². The van der Waals surface area contributed by atoms with Crippen molar-refractivity contribution in [1.82, 2.24) is 9.88 Å². The number of nitrogens with one attached hydrogen (secondary N) is 1. The molecule has 3 N–H and O–H groups in total. The van der Waals surface area contributed by atoms with E-state index in [2.05, 4.69) is 10.3 Å². The van der Waals surface area contributed by atoms with Crippen molar-refractivity contribution < 1.29 is 19.0 Å². The third-order valence-corrected chi connectivity index (χ3v) is 4.87. The third kappa shape index (κ3) is 5.89. The van der Waals surface area contributed by atoms with Crippen molar-refractivity contribution in [2.24, 2.45) is 0 Å². The molecule has 3 rings (SSSR count). The van der Waals surface area contributed by atoms with Crippen molar-refractivity contribution in [3.63, 3.8) is 0 Å². The minimum atomic E-state index is -0.475. The van der Waals surface area contributed by atoms with E-state index in [1.165, 1.54) is 0 Å². The van der Waals surface area contributed by atoms with Gasteiger partial charge >= 0.3 is 6.09 Å². The Kier molecular flexibility index (Phi) is 6.49. The first-order valence-corrected chi connectivity index (χ1v) is 10.0. The second-order valence-corrected chi connectivity index (χ2v) is 8.42. The van der Waals surface area contributed by atoms with E-state index in [9.17, 15) is 4.79 Å². The van der Waals surface area contributed by atoms with Gasteiger partial charge in [-0.25, -0.2) is 9.78 Å². The SMILES string of the molecule is CC(C)(C)OC(=O)N1CCC(Nc2cc(OC3CCOCC3)cnc2N)CC1. The van der Waals surface area contributed by atoms with Gasteiger partial charge in [-0.1, -0.05) is 0 Å². The maximum atomic E-state index is 12.2. The zero-order valence-electron chi connectivity index (χ0n) is 17.1. The number of nitrogens with two attached hydrogens (primary N) is 1. The number of hydrogen-bond donors (Lipinski definition) is 2. The highest BCUT2D eigenvalue weighted by molar-refractivity contribution is 5.68. The molecule has 0 bridgehead atoms. The predicted octanol–water partition coefficient (Wildman–Crippen LogP) is 3.03. The fourth-order valence-electron chi connectivity index (χ4n) is 3.38. The summed E-state index contributed by atoms with van der Waals surface area (Å²) in [7, 11) is 0. The number of anilines is 2. The van der Waals surface area contributed by atoms with Crippen LogP contribution in [-0.2, 0) is 9.47 Å². The molecule has 1 aromatic heterocycles. The number of carbonyl (C=O) groups is 1. The summed E-state index contributed by atoms with van der Waals surface area (Å²) >= 11 is 0. The van der Waals surface area contributed by atoms with Crippen LogP contribution in [0.3, 0.4) is 0 Å². The van der Waals surface area contributed by atoms with Crippen molar-refractivity contribution in [2.45, 2.75) is 64.2 Å². The number of aromatic nitrogens is 1. The van der Waals surface area contributed by atoms with Crippen LogP contribution in [0.25, 0.3) is 0 Å². The van der Waals surface area contributed by atoms with Gasteiger partial charge < -0.3 is 30.2 Å². The lowest BCUT2D eigenvalue weighted by molar-refractivity contribution is 0.0210. The lowest BCUT2D eigenvalue weighted by Gasteiger charge is -2.34. The molecule has 1 amide bonds. The third-order valence-electron chi connectivity index (χ3n) is 4.87. The first-order valence-electron chi connectivity index (χ1n) is 10.0. The predicted molar refractivity (Wildman–Crippen MR) is 108 cm³/mol. The van der Waals surface area contributed by atoms with Gasteiger partial charge in [-0.15, -0.1) is 0 Å². The molecule has 8 heteroatoms. The van der Waals surface area contributed by atoms with Crippen LogP contribution in [-0.4, -0.2) is 60.0 Å². The second kappa shape index (κ2) is 8.86. The molecular weight excluding hydrogens is 360 g/mol. The molecule has 28 heavy (non-hydrogen) atoms. The zero-order chi connectivity index (χ0) is 20.1. The monoisotopic (exact) mass is 392 g/mol. The van der Waals surface area contributed by atoms with E-state index in [0.29, 0.717) is 18.9 Å². The smallest absolute Gasteiger partial charge is 0.410 e. The van der Waals surface area contributed by atoms with Crippen molar-refractivity contribution >= 4 is 17.6 Å². The second-order valence-electron chi connectivity index (χ2n) is 8.42. The van der Waals surface area contributed by atoms with E-state index in [-0.39, 0.29) is 18.2 Å². The summed E-state index contributed by atoms with van der Waals surface area (Å²) in [6, 6.07) is 2.14. The summed E-state index contributed by atoms with van der Waals surface area (Å²) in [5.74, 6) is 1.17. The maximum absolute atomic E-state index is 12.2. The summed E-state index contributed by atoms with van der Waals surface area (Å²) in [5.41, 5.74) is 6.35. The van der Waals surface area contributed by atoms with Gasteiger partial charge in [-0.2, -0.15) is 0 Å². The Hall–Kier alpha value is -2.22. The molecule has 0 unspecified atom stereocenters. The van der Waals surface area contributed by atoms with E-state index < -0.39 is 5.60 Å². The number of amides is 1. The number of pyridine rings is 1. The normalized spacial score (nSPS) is 19.3. The first-order chi connectivity index (χ1) is 13.3. The van der Waals surface area contributed by atoms with Crippen molar-refractivity contribution in [2.75, 3.05) is 37.4 Å². The molecule has 3 heterocycles. The molecule has 0 aliphatic carbocycles. The number of ether oxygens (including phenoxy) is 3. The molecule has 2 aliphatic heterocycles. The lowest BCUT2D eigenvalue weighted by atomic mass is 10.0. The molecule has 0 radical (unpaired) electrons. The number of hydrogen-bond acceptors (Lipinski definition) is 7. The standard InChI is InChI=1S/C20H32N4O4/c1-20(2,3)28-19(25)24-8-4-14(5-9-24)23-17-12-16(13-22-18(17)21)27-15-6-10-26-11-7-15/h12-15,23H,4-11H2,1-3H3,(H2,21,22). The molecule has 0 atom stereocenters. The zero-order valence-corrected chi connectivity index (χ0v) is 17.1. The van der Waals surface area contributed by atoms with E-state index >= 15 is 0 Å². The van der Waals surface area contributed by atoms with Gasteiger partial charge in [0.05, 0.1) is 25.1 Å². The number of nitrogen functional groups attached to an aromatic ring is 1. The van der Waals surface area contributed by atoms with Crippen LogP contribution in [0.5, 0.6) is 5.75 Å². The van der Waals surface area contributed by atoms with Crippen LogP contribution in [0, 0.1) is 0 Å².